The van der Waals surface area contributed by atoms with Gasteiger partial charge in [0.05, 0.1) is 17.6 Å². The van der Waals surface area contributed by atoms with E-state index in [0.29, 0.717) is 0 Å². The Labute approximate surface area is 204 Å². The molecule has 33 heavy (non-hydrogen) atoms. The minimum absolute atomic E-state index is 0.0892. The van der Waals surface area contributed by atoms with Gasteiger partial charge in [-0.2, -0.15) is 0 Å². The lowest BCUT2D eigenvalue weighted by atomic mass is 9.96. The van der Waals surface area contributed by atoms with Crippen molar-refractivity contribution in [1.82, 2.24) is 15.4 Å². The Morgan fingerprint density at radius 1 is 1.12 bits per heavy atom. The van der Waals surface area contributed by atoms with Gasteiger partial charge in [-0.3, -0.25) is 4.79 Å². The first-order valence-electron chi connectivity index (χ1n) is 12.4. The number of urea groups is 1. The molecule has 0 bridgehead atoms. The van der Waals surface area contributed by atoms with Crippen LogP contribution in [0, 0.1) is 0 Å². The van der Waals surface area contributed by atoms with E-state index in [0.717, 1.165) is 56.4 Å². The number of amides is 3. The Bertz CT molecular complexity index is 1250. The van der Waals surface area contributed by atoms with Gasteiger partial charge in [0, 0.05) is 23.0 Å². The number of ether oxygens (including phenoxy) is 1. The van der Waals surface area contributed by atoms with Crippen molar-refractivity contribution in [3.8, 4) is 5.75 Å². The molecule has 0 saturated heterocycles. The summed E-state index contributed by atoms with van der Waals surface area (Å²) in [7, 11) is -2.93. The van der Waals surface area contributed by atoms with E-state index in [4.69, 9.17) is 21.8 Å². The number of hydrogen-bond donors (Lipinski definition) is 3. The fourth-order valence-electron chi connectivity index (χ4n) is 3.45. The van der Waals surface area contributed by atoms with Crippen molar-refractivity contribution in [3.63, 3.8) is 0 Å². The highest BCUT2D eigenvalue weighted by molar-refractivity contribution is 7.90. The highest BCUT2D eigenvalue weighted by Crippen LogP contribution is 2.22. The summed E-state index contributed by atoms with van der Waals surface area (Å²) in [6, 6.07) is 7.50. The molecule has 0 aromatic heterocycles. The molecule has 178 valence electrons. The first-order chi connectivity index (χ1) is 17.3. The fourth-order valence-corrected chi connectivity index (χ4v) is 4.53. The molecule has 0 spiro atoms. The second kappa shape index (κ2) is 11.4. The Morgan fingerprint density at radius 2 is 1.82 bits per heavy atom. The summed E-state index contributed by atoms with van der Waals surface area (Å²) in [5, 5.41) is 4.87. The molecule has 10 heteroatoms. The Kier molecular flexibility index (Phi) is 6.78. The van der Waals surface area contributed by atoms with Crippen molar-refractivity contribution < 1.29 is 28.2 Å². The molecule has 3 amide bonds. The maximum Gasteiger partial charge on any atom is 0.328 e. The van der Waals surface area contributed by atoms with Crippen LogP contribution in [0.15, 0.2) is 47.4 Å². The Balaban J connectivity index is 1.73. The molecule has 2 aromatic carbocycles. The van der Waals surface area contributed by atoms with Crippen molar-refractivity contribution in [2.24, 2.45) is 0 Å². The lowest BCUT2D eigenvalue weighted by molar-refractivity contribution is 0.0951. The third-order valence-corrected chi connectivity index (χ3v) is 6.70. The number of aryl methyl sites for hydroxylation is 1. The van der Waals surface area contributed by atoms with E-state index in [9.17, 15) is 18.0 Å². The van der Waals surface area contributed by atoms with Gasteiger partial charge >= 0.3 is 6.03 Å². The van der Waals surface area contributed by atoms with E-state index in [-0.39, 0.29) is 32.8 Å². The minimum atomic E-state index is -4.25. The second-order valence-electron chi connectivity index (χ2n) is 7.49. The molecule has 8 nitrogen and oxygen atoms in total. The average Bonchev–Trinajstić information content (AvgIpc) is 2.84. The quantitative estimate of drug-likeness (QED) is 0.515. The summed E-state index contributed by atoms with van der Waals surface area (Å²) in [5.74, 6) is -0.839. The number of nitrogens with one attached hydrogen (secondary N) is 3. The zero-order chi connectivity index (χ0) is 27.4. The zero-order valence-corrected chi connectivity index (χ0v) is 19.6. The van der Waals surface area contributed by atoms with E-state index in [1.807, 2.05) is 10.0 Å². The molecule has 1 fully saturated rings. The molecule has 0 aliphatic heterocycles. The number of carbonyl (C=O) groups is 2. The lowest BCUT2D eigenvalue weighted by Crippen LogP contribution is -2.45. The summed E-state index contributed by atoms with van der Waals surface area (Å²) in [5.41, 5.74) is -0.324. The van der Waals surface area contributed by atoms with E-state index in [1.54, 1.807) is 0 Å². The van der Waals surface area contributed by atoms with Gasteiger partial charge in [-0.15, -0.1) is 0 Å². The van der Waals surface area contributed by atoms with Crippen LogP contribution in [-0.4, -0.2) is 40.0 Å². The normalized spacial score (nSPS) is 17.0. The van der Waals surface area contributed by atoms with Crippen LogP contribution in [0.2, 0.25) is 5.02 Å². The number of hydrogen-bond acceptors (Lipinski definition) is 5. The zero-order valence-electron chi connectivity index (χ0n) is 22.0. The van der Waals surface area contributed by atoms with Gasteiger partial charge in [0.1, 0.15) is 5.75 Å². The standard InChI is InChI=1S/C23H28ClN3O5S/c1-32-21-12-9-17(24)15-20(21)22(28)25-14-13-16-7-10-19(11-8-16)33(30,31)27-23(29)26-18-5-3-2-4-6-18/h7-12,15,18H,2-6,13-14H2,1H3,(H,25,28)(H2,26,27,29)/i13D2,14D2. The SMILES string of the molecule is [2H]C([2H])(NC(=O)c1cc(Cl)ccc1OC)C([2H])([2H])c1ccc(S(=O)(=O)NC(=O)NC2CCCCC2)cc1. The van der Waals surface area contributed by atoms with E-state index < -0.39 is 34.8 Å². The number of halogens is 1. The Morgan fingerprint density at radius 3 is 2.48 bits per heavy atom. The van der Waals surface area contributed by atoms with Crippen LogP contribution in [0.4, 0.5) is 4.79 Å². The summed E-state index contributed by atoms with van der Waals surface area (Å²) in [6.45, 7) is -2.92. The van der Waals surface area contributed by atoms with Gasteiger partial charge in [0.2, 0.25) is 0 Å². The maximum atomic E-state index is 12.7. The van der Waals surface area contributed by atoms with Gasteiger partial charge in [-0.05, 0) is 55.1 Å². The molecule has 1 aliphatic carbocycles. The van der Waals surface area contributed by atoms with E-state index in [1.165, 1.54) is 25.3 Å². The molecule has 0 atom stereocenters. The van der Waals surface area contributed by atoms with Crippen LogP contribution in [0.3, 0.4) is 0 Å². The number of carbonyl (C=O) groups excluding carboxylic acids is 2. The maximum absolute atomic E-state index is 12.7. The first-order valence-corrected chi connectivity index (χ1v) is 12.2. The molecule has 2 aromatic rings. The van der Waals surface area contributed by atoms with E-state index in [2.05, 4.69) is 5.32 Å². The minimum Gasteiger partial charge on any atom is -0.496 e. The molecule has 0 heterocycles. The van der Waals surface area contributed by atoms with Gasteiger partial charge < -0.3 is 15.4 Å². The molecule has 1 saturated carbocycles. The topological polar surface area (TPSA) is 114 Å². The van der Waals surface area contributed by atoms with Crippen molar-refractivity contribution in [2.45, 2.75) is 49.4 Å². The smallest absolute Gasteiger partial charge is 0.328 e. The van der Waals surface area contributed by atoms with Gasteiger partial charge in [0.15, 0.2) is 0 Å². The molecule has 3 N–H and O–H groups in total. The monoisotopic (exact) mass is 497 g/mol. The van der Waals surface area contributed by atoms with Crippen molar-refractivity contribution in [3.05, 3.63) is 58.6 Å². The average molecular weight is 498 g/mol. The lowest BCUT2D eigenvalue weighted by Gasteiger charge is -2.22. The van der Waals surface area contributed by atoms with Gasteiger partial charge in [0.25, 0.3) is 15.9 Å². The number of benzene rings is 2. The molecule has 0 radical (unpaired) electrons. The molecular formula is C23H28ClN3O5S. The van der Waals surface area contributed by atoms with Crippen molar-refractivity contribution >= 4 is 33.6 Å². The molecule has 3 rings (SSSR count). The van der Waals surface area contributed by atoms with Gasteiger partial charge in [-0.25, -0.2) is 17.9 Å². The van der Waals surface area contributed by atoms with Crippen molar-refractivity contribution in [1.29, 1.82) is 0 Å². The van der Waals surface area contributed by atoms with Crippen LogP contribution >= 0.6 is 11.6 Å². The molecular weight excluding hydrogens is 466 g/mol. The molecule has 0 unspecified atom stereocenters. The third-order valence-electron chi connectivity index (χ3n) is 5.12. The van der Waals surface area contributed by atoms with Gasteiger partial charge in [-0.1, -0.05) is 43.0 Å². The predicted molar refractivity (Wildman–Crippen MR) is 126 cm³/mol. The van der Waals surface area contributed by atoms with E-state index >= 15 is 0 Å². The van der Waals surface area contributed by atoms with Crippen LogP contribution in [0.1, 0.15) is 53.5 Å². The summed E-state index contributed by atoms with van der Waals surface area (Å²) < 4.78 is 65.4. The number of rotatable bonds is 8. The second-order valence-corrected chi connectivity index (χ2v) is 9.61. The number of sulfonamides is 1. The predicted octanol–water partition coefficient (Wildman–Crippen LogP) is 3.64. The highest BCUT2D eigenvalue weighted by Gasteiger charge is 2.21. The summed E-state index contributed by atoms with van der Waals surface area (Å²) in [4.78, 5) is 24.6. The van der Waals surface area contributed by atoms with Crippen LogP contribution in [0.5, 0.6) is 5.75 Å². The largest absolute Gasteiger partial charge is 0.496 e. The summed E-state index contributed by atoms with van der Waals surface area (Å²) >= 11 is 5.92. The van der Waals surface area contributed by atoms with Crippen LogP contribution in [-0.2, 0) is 16.4 Å². The third kappa shape index (κ3) is 7.10. The highest BCUT2D eigenvalue weighted by atomic mass is 35.5. The Hall–Kier alpha value is -2.78. The number of methoxy groups -OCH3 is 1. The fraction of sp³-hybridized carbons (Fsp3) is 0.391. The first kappa shape index (κ1) is 19.7. The van der Waals surface area contributed by atoms with Crippen LogP contribution < -0.4 is 20.1 Å². The van der Waals surface area contributed by atoms with Crippen LogP contribution in [0.25, 0.3) is 0 Å². The van der Waals surface area contributed by atoms with Crippen molar-refractivity contribution in [2.75, 3.05) is 13.6 Å². The molecule has 1 aliphatic rings. The summed E-state index contributed by atoms with van der Waals surface area (Å²) in [6.07, 6.45) is 1.78.